The Morgan fingerprint density at radius 1 is 1.35 bits per heavy atom. The highest BCUT2D eigenvalue weighted by atomic mass is 32.1. The zero-order chi connectivity index (χ0) is 12.5. The van der Waals surface area contributed by atoms with Crippen LogP contribution in [-0.4, -0.2) is 26.3 Å². The fraction of sp³-hybridized carbons (Fsp3) is 0.600. The van der Waals surface area contributed by atoms with E-state index in [1.54, 1.807) is 0 Å². The van der Waals surface area contributed by atoms with E-state index >= 15 is 0 Å². The summed E-state index contributed by atoms with van der Waals surface area (Å²) in [5.74, 6) is 1.10. The summed E-state index contributed by atoms with van der Waals surface area (Å²) < 4.78 is 9.17. The van der Waals surface area contributed by atoms with Crippen LogP contribution in [0.2, 0.25) is 0 Å². The van der Waals surface area contributed by atoms with Crippen molar-refractivity contribution >= 4 is 11.5 Å². The molecule has 92 valence electrons. The lowest BCUT2D eigenvalue weighted by Gasteiger charge is -2.14. The maximum absolute atomic E-state index is 5.44. The highest BCUT2D eigenvalue weighted by molar-refractivity contribution is 7.09. The summed E-state index contributed by atoms with van der Waals surface area (Å²) >= 11 is 1.27. The summed E-state index contributed by atoms with van der Waals surface area (Å²) in [6, 6.07) is 0. The van der Waals surface area contributed by atoms with E-state index in [-0.39, 0.29) is 5.41 Å². The lowest BCUT2D eigenvalue weighted by Crippen LogP contribution is -2.13. The van der Waals surface area contributed by atoms with E-state index < -0.39 is 0 Å². The molecule has 0 aliphatic heterocycles. The van der Waals surface area contributed by atoms with Gasteiger partial charge in [-0.2, -0.15) is 4.98 Å². The van der Waals surface area contributed by atoms with Gasteiger partial charge in [-0.15, -0.1) is 5.10 Å². The number of hydrogen-bond acceptors (Lipinski definition) is 7. The first-order chi connectivity index (χ1) is 8.02. The predicted octanol–water partition coefficient (Wildman–Crippen LogP) is 1.39. The molecule has 2 heterocycles. The van der Waals surface area contributed by atoms with Gasteiger partial charge < -0.3 is 10.3 Å². The highest BCUT2D eigenvalue weighted by Gasteiger charge is 2.26. The third-order valence-electron chi connectivity index (χ3n) is 2.23. The molecule has 0 spiro atoms. The van der Waals surface area contributed by atoms with E-state index in [0.29, 0.717) is 24.7 Å². The smallest absolute Gasteiger partial charge is 0.271 e. The fourth-order valence-electron chi connectivity index (χ4n) is 1.40. The van der Waals surface area contributed by atoms with Gasteiger partial charge in [0, 0.05) is 11.8 Å². The number of hydrogen-bond donors (Lipinski definition) is 1. The molecule has 0 radical (unpaired) electrons. The first-order valence-electron chi connectivity index (χ1n) is 5.38. The van der Waals surface area contributed by atoms with Crippen molar-refractivity contribution in [3.8, 4) is 10.8 Å². The number of nitrogens with two attached hydrogens (primary N) is 1. The van der Waals surface area contributed by atoms with Gasteiger partial charge in [0.15, 0.2) is 5.82 Å². The van der Waals surface area contributed by atoms with Gasteiger partial charge in [-0.3, -0.25) is 0 Å². The Hall–Kier alpha value is -1.34. The zero-order valence-corrected chi connectivity index (χ0v) is 10.9. The minimum absolute atomic E-state index is 0.0924. The average molecular weight is 253 g/mol. The Morgan fingerprint density at radius 2 is 2.12 bits per heavy atom. The van der Waals surface area contributed by atoms with Gasteiger partial charge in [-0.05, 0) is 18.1 Å². The molecular weight excluding hydrogens is 238 g/mol. The van der Waals surface area contributed by atoms with Crippen molar-refractivity contribution in [2.45, 2.75) is 32.6 Å². The SMILES string of the molecule is CC(C)(C)c1nnsc1-c1nc(CCN)no1. The second kappa shape index (κ2) is 4.50. The highest BCUT2D eigenvalue weighted by Crippen LogP contribution is 2.32. The maximum atomic E-state index is 5.44. The average Bonchev–Trinajstić information content (AvgIpc) is 2.82. The van der Waals surface area contributed by atoms with Crippen LogP contribution in [0.1, 0.15) is 32.3 Å². The zero-order valence-electron chi connectivity index (χ0n) is 10.1. The second-order valence-corrected chi connectivity index (χ2v) is 5.51. The van der Waals surface area contributed by atoms with E-state index in [2.05, 4.69) is 40.5 Å². The number of aromatic nitrogens is 4. The molecule has 17 heavy (non-hydrogen) atoms. The van der Waals surface area contributed by atoms with Gasteiger partial charge in [-0.1, -0.05) is 30.4 Å². The van der Waals surface area contributed by atoms with E-state index in [9.17, 15) is 0 Å². The Kier molecular flexibility index (Phi) is 3.21. The van der Waals surface area contributed by atoms with Crippen LogP contribution in [0.4, 0.5) is 0 Å². The van der Waals surface area contributed by atoms with Crippen LogP contribution in [0.3, 0.4) is 0 Å². The van der Waals surface area contributed by atoms with Gasteiger partial charge in [0.1, 0.15) is 4.88 Å². The third kappa shape index (κ3) is 2.50. The van der Waals surface area contributed by atoms with Crippen molar-refractivity contribution in [2.75, 3.05) is 6.54 Å². The Balaban J connectivity index is 2.36. The Morgan fingerprint density at radius 3 is 2.76 bits per heavy atom. The van der Waals surface area contributed by atoms with Crippen LogP contribution >= 0.6 is 11.5 Å². The molecule has 2 aromatic rings. The Bertz CT molecular complexity index is 499. The van der Waals surface area contributed by atoms with Crippen molar-refractivity contribution < 1.29 is 4.52 Å². The minimum Gasteiger partial charge on any atom is -0.333 e. The molecule has 0 bridgehead atoms. The molecular formula is C10H15N5OS. The molecule has 0 aliphatic carbocycles. The van der Waals surface area contributed by atoms with Gasteiger partial charge in [-0.25, -0.2) is 0 Å². The molecule has 0 amide bonds. The van der Waals surface area contributed by atoms with Crippen molar-refractivity contribution in [3.63, 3.8) is 0 Å². The Labute approximate surface area is 103 Å². The summed E-state index contributed by atoms with van der Waals surface area (Å²) in [5, 5.41) is 8.01. The van der Waals surface area contributed by atoms with E-state index in [1.807, 2.05) is 0 Å². The molecule has 0 aromatic carbocycles. The van der Waals surface area contributed by atoms with Gasteiger partial charge >= 0.3 is 0 Å². The minimum atomic E-state index is -0.0924. The van der Waals surface area contributed by atoms with E-state index in [4.69, 9.17) is 10.3 Å². The molecule has 2 rings (SSSR count). The molecule has 6 nitrogen and oxygen atoms in total. The van der Waals surface area contributed by atoms with Gasteiger partial charge in [0.25, 0.3) is 5.89 Å². The first-order valence-corrected chi connectivity index (χ1v) is 6.15. The molecule has 0 saturated heterocycles. The van der Waals surface area contributed by atoms with Crippen molar-refractivity contribution in [2.24, 2.45) is 5.73 Å². The monoisotopic (exact) mass is 253 g/mol. The lowest BCUT2D eigenvalue weighted by atomic mass is 9.91. The fourth-order valence-corrected chi connectivity index (χ4v) is 2.20. The summed E-state index contributed by atoms with van der Waals surface area (Å²) in [7, 11) is 0. The summed E-state index contributed by atoms with van der Waals surface area (Å²) in [6.07, 6.45) is 0.612. The second-order valence-electron chi connectivity index (χ2n) is 4.76. The molecule has 0 fully saturated rings. The number of rotatable bonds is 3. The van der Waals surface area contributed by atoms with Gasteiger partial charge in [0.2, 0.25) is 0 Å². The molecule has 0 aliphatic rings. The van der Waals surface area contributed by atoms with Crippen LogP contribution in [0.5, 0.6) is 0 Å². The third-order valence-corrected chi connectivity index (χ3v) is 2.94. The normalized spacial score (nSPS) is 12.0. The van der Waals surface area contributed by atoms with Gasteiger partial charge in [0.05, 0.1) is 5.69 Å². The van der Waals surface area contributed by atoms with Crippen LogP contribution in [0, 0.1) is 0 Å². The molecule has 2 N–H and O–H groups in total. The quantitative estimate of drug-likeness (QED) is 0.888. The van der Waals surface area contributed by atoms with E-state index in [1.165, 1.54) is 11.5 Å². The maximum Gasteiger partial charge on any atom is 0.271 e. The molecule has 7 heteroatoms. The largest absolute Gasteiger partial charge is 0.333 e. The molecule has 0 atom stereocenters. The number of nitrogens with zero attached hydrogens (tertiary/aromatic N) is 4. The summed E-state index contributed by atoms with van der Waals surface area (Å²) in [4.78, 5) is 5.13. The van der Waals surface area contributed by atoms with Crippen molar-refractivity contribution in [1.82, 2.24) is 19.7 Å². The van der Waals surface area contributed by atoms with Crippen LogP contribution in [-0.2, 0) is 11.8 Å². The van der Waals surface area contributed by atoms with Crippen LogP contribution < -0.4 is 5.73 Å². The van der Waals surface area contributed by atoms with Crippen molar-refractivity contribution in [1.29, 1.82) is 0 Å². The summed E-state index contributed by atoms with van der Waals surface area (Å²) in [5.41, 5.74) is 6.23. The topological polar surface area (TPSA) is 90.7 Å². The summed E-state index contributed by atoms with van der Waals surface area (Å²) in [6.45, 7) is 6.73. The van der Waals surface area contributed by atoms with Crippen LogP contribution in [0.15, 0.2) is 4.52 Å². The molecule has 0 unspecified atom stereocenters. The first kappa shape index (κ1) is 12.1. The standard InChI is InChI=1S/C10H15N5OS/c1-10(2,3)8-7(17-15-13-8)9-12-6(4-5-11)14-16-9/h4-5,11H2,1-3H3. The molecule has 0 saturated carbocycles. The van der Waals surface area contributed by atoms with Crippen molar-refractivity contribution in [3.05, 3.63) is 11.5 Å². The predicted molar refractivity (Wildman–Crippen MR) is 64.7 cm³/mol. The van der Waals surface area contributed by atoms with Crippen LogP contribution in [0.25, 0.3) is 10.8 Å². The molecule has 2 aromatic heterocycles. The lowest BCUT2D eigenvalue weighted by molar-refractivity contribution is 0.422. The van der Waals surface area contributed by atoms with E-state index in [0.717, 1.165) is 10.6 Å².